The van der Waals surface area contributed by atoms with Crippen LogP contribution < -0.4 is 5.32 Å². The quantitative estimate of drug-likeness (QED) is 0.892. The second kappa shape index (κ2) is 5.27. The summed E-state index contributed by atoms with van der Waals surface area (Å²) in [6, 6.07) is 13.2. The van der Waals surface area contributed by atoms with Gasteiger partial charge in [-0.15, -0.1) is 0 Å². The van der Waals surface area contributed by atoms with E-state index in [0.29, 0.717) is 12.0 Å². The van der Waals surface area contributed by atoms with Gasteiger partial charge >= 0.3 is 0 Å². The van der Waals surface area contributed by atoms with Gasteiger partial charge < -0.3 is 5.32 Å². The Labute approximate surface area is 107 Å². The van der Waals surface area contributed by atoms with Crippen molar-refractivity contribution in [2.75, 3.05) is 6.54 Å². The van der Waals surface area contributed by atoms with E-state index >= 15 is 0 Å². The number of aromatic nitrogens is 2. The van der Waals surface area contributed by atoms with Crippen LogP contribution in [0.15, 0.2) is 48.9 Å². The molecule has 1 fully saturated rings. The van der Waals surface area contributed by atoms with Crippen molar-refractivity contribution in [3.8, 4) is 0 Å². The predicted molar refractivity (Wildman–Crippen MR) is 71.3 cm³/mol. The van der Waals surface area contributed by atoms with E-state index < -0.39 is 0 Å². The standard InChI is InChI=1S/C15H17N3/c1-2-4-12(5-3-1)10-15-13(6-9-17-15)14-7-8-16-11-18-14/h1-5,7-8,11,13,15,17H,6,9-10H2. The van der Waals surface area contributed by atoms with Gasteiger partial charge in [0.15, 0.2) is 0 Å². The first-order chi connectivity index (χ1) is 8.93. The normalized spacial score (nSPS) is 23.1. The lowest BCUT2D eigenvalue weighted by atomic mass is 9.92. The van der Waals surface area contributed by atoms with Gasteiger partial charge in [0.25, 0.3) is 0 Å². The van der Waals surface area contributed by atoms with Crippen molar-refractivity contribution in [2.45, 2.75) is 24.8 Å². The van der Waals surface area contributed by atoms with Crippen LogP contribution in [0.5, 0.6) is 0 Å². The van der Waals surface area contributed by atoms with Crippen LogP contribution in [-0.4, -0.2) is 22.6 Å². The highest BCUT2D eigenvalue weighted by atomic mass is 15.0. The molecule has 18 heavy (non-hydrogen) atoms. The van der Waals surface area contributed by atoms with Crippen LogP contribution in [0.1, 0.15) is 23.6 Å². The Morgan fingerprint density at radius 1 is 1.17 bits per heavy atom. The van der Waals surface area contributed by atoms with Crippen LogP contribution in [0, 0.1) is 0 Å². The summed E-state index contributed by atoms with van der Waals surface area (Å²) >= 11 is 0. The summed E-state index contributed by atoms with van der Waals surface area (Å²) in [6.07, 6.45) is 5.71. The molecule has 1 aliphatic rings. The van der Waals surface area contributed by atoms with Crippen molar-refractivity contribution < 1.29 is 0 Å². The first kappa shape index (κ1) is 11.4. The summed E-state index contributed by atoms with van der Waals surface area (Å²) < 4.78 is 0. The Bertz CT molecular complexity index is 484. The minimum absolute atomic E-state index is 0.488. The smallest absolute Gasteiger partial charge is 0.115 e. The lowest BCUT2D eigenvalue weighted by Gasteiger charge is -2.19. The molecule has 2 aromatic rings. The molecule has 92 valence electrons. The van der Waals surface area contributed by atoms with Crippen LogP contribution >= 0.6 is 0 Å². The summed E-state index contributed by atoms with van der Waals surface area (Å²) in [4.78, 5) is 8.40. The van der Waals surface area contributed by atoms with Gasteiger partial charge in [-0.25, -0.2) is 9.97 Å². The average molecular weight is 239 g/mol. The Kier molecular flexibility index (Phi) is 3.33. The molecule has 0 aliphatic carbocycles. The Hall–Kier alpha value is -1.74. The highest BCUT2D eigenvalue weighted by Crippen LogP contribution is 2.27. The van der Waals surface area contributed by atoms with Crippen molar-refractivity contribution >= 4 is 0 Å². The third-order valence-corrected chi connectivity index (χ3v) is 3.63. The van der Waals surface area contributed by atoms with Crippen molar-refractivity contribution in [3.05, 3.63) is 60.2 Å². The Morgan fingerprint density at radius 3 is 2.83 bits per heavy atom. The molecule has 1 N–H and O–H groups in total. The summed E-state index contributed by atoms with van der Waals surface area (Å²) in [5.74, 6) is 0.508. The second-order valence-electron chi connectivity index (χ2n) is 4.78. The van der Waals surface area contributed by atoms with Gasteiger partial charge in [0.2, 0.25) is 0 Å². The molecule has 0 amide bonds. The number of nitrogens with one attached hydrogen (secondary N) is 1. The SMILES string of the molecule is c1ccc(CC2NCCC2c2ccncn2)cc1. The first-order valence-corrected chi connectivity index (χ1v) is 6.47. The molecule has 0 spiro atoms. The third-order valence-electron chi connectivity index (χ3n) is 3.63. The summed E-state index contributed by atoms with van der Waals surface area (Å²) in [7, 11) is 0. The molecule has 0 bridgehead atoms. The average Bonchev–Trinajstić information content (AvgIpc) is 2.89. The van der Waals surface area contributed by atoms with Crippen molar-refractivity contribution in [2.24, 2.45) is 0 Å². The predicted octanol–water partition coefficient (Wildman–Crippen LogP) is 2.16. The molecule has 3 heteroatoms. The van der Waals surface area contributed by atoms with E-state index in [9.17, 15) is 0 Å². The van der Waals surface area contributed by atoms with E-state index in [1.165, 1.54) is 5.56 Å². The molecule has 1 aromatic carbocycles. The maximum atomic E-state index is 4.40. The zero-order valence-corrected chi connectivity index (χ0v) is 10.3. The summed E-state index contributed by atoms with van der Waals surface area (Å²) in [5, 5.41) is 3.59. The molecular formula is C15H17N3. The number of hydrogen-bond donors (Lipinski definition) is 1. The van der Waals surface area contributed by atoms with Gasteiger partial charge in [-0.2, -0.15) is 0 Å². The highest BCUT2D eigenvalue weighted by Gasteiger charge is 2.28. The molecule has 0 saturated carbocycles. The molecule has 0 radical (unpaired) electrons. The molecule has 2 unspecified atom stereocenters. The highest BCUT2D eigenvalue weighted by molar-refractivity contribution is 5.20. The van der Waals surface area contributed by atoms with Crippen LogP contribution in [0.2, 0.25) is 0 Å². The Morgan fingerprint density at radius 2 is 2.06 bits per heavy atom. The van der Waals surface area contributed by atoms with Gasteiger partial charge in [0.1, 0.15) is 6.33 Å². The third kappa shape index (κ3) is 2.41. The zero-order valence-electron chi connectivity index (χ0n) is 10.3. The molecule has 2 heterocycles. The lowest BCUT2D eigenvalue weighted by molar-refractivity contribution is 0.534. The first-order valence-electron chi connectivity index (χ1n) is 6.47. The lowest BCUT2D eigenvalue weighted by Crippen LogP contribution is -2.28. The van der Waals surface area contributed by atoms with E-state index in [1.807, 2.05) is 12.3 Å². The zero-order chi connectivity index (χ0) is 12.2. The number of benzene rings is 1. The van der Waals surface area contributed by atoms with E-state index in [2.05, 4.69) is 45.6 Å². The summed E-state index contributed by atoms with van der Waals surface area (Å²) in [5.41, 5.74) is 2.55. The van der Waals surface area contributed by atoms with E-state index in [-0.39, 0.29) is 0 Å². The monoisotopic (exact) mass is 239 g/mol. The molecule has 3 nitrogen and oxygen atoms in total. The van der Waals surface area contributed by atoms with E-state index in [1.54, 1.807) is 6.33 Å². The van der Waals surface area contributed by atoms with Crippen molar-refractivity contribution in [1.82, 2.24) is 15.3 Å². The molecule has 1 saturated heterocycles. The van der Waals surface area contributed by atoms with E-state index in [0.717, 1.165) is 25.1 Å². The van der Waals surface area contributed by atoms with Gasteiger partial charge in [-0.1, -0.05) is 30.3 Å². The van der Waals surface area contributed by atoms with Crippen LogP contribution in [0.4, 0.5) is 0 Å². The number of rotatable bonds is 3. The van der Waals surface area contributed by atoms with Gasteiger partial charge in [-0.05, 0) is 31.0 Å². The topological polar surface area (TPSA) is 37.8 Å². The van der Waals surface area contributed by atoms with Gasteiger partial charge in [0, 0.05) is 23.9 Å². The minimum atomic E-state index is 0.488. The summed E-state index contributed by atoms with van der Waals surface area (Å²) in [6.45, 7) is 1.08. The fraction of sp³-hybridized carbons (Fsp3) is 0.333. The van der Waals surface area contributed by atoms with E-state index in [4.69, 9.17) is 0 Å². The van der Waals surface area contributed by atoms with Crippen molar-refractivity contribution in [1.29, 1.82) is 0 Å². The van der Waals surface area contributed by atoms with Gasteiger partial charge in [0.05, 0.1) is 0 Å². The molecule has 2 atom stereocenters. The molecule has 1 aliphatic heterocycles. The minimum Gasteiger partial charge on any atom is -0.313 e. The van der Waals surface area contributed by atoms with Gasteiger partial charge in [-0.3, -0.25) is 0 Å². The fourth-order valence-electron chi connectivity index (χ4n) is 2.72. The van der Waals surface area contributed by atoms with Crippen LogP contribution in [0.3, 0.4) is 0 Å². The molecular weight excluding hydrogens is 222 g/mol. The number of nitrogens with zero attached hydrogens (tertiary/aromatic N) is 2. The molecule has 1 aromatic heterocycles. The van der Waals surface area contributed by atoms with Crippen LogP contribution in [0.25, 0.3) is 0 Å². The maximum absolute atomic E-state index is 4.40. The Balaban J connectivity index is 1.76. The number of hydrogen-bond acceptors (Lipinski definition) is 3. The van der Waals surface area contributed by atoms with Crippen LogP contribution in [-0.2, 0) is 6.42 Å². The second-order valence-corrected chi connectivity index (χ2v) is 4.78. The molecule has 3 rings (SSSR count). The fourth-order valence-corrected chi connectivity index (χ4v) is 2.72. The van der Waals surface area contributed by atoms with Crippen molar-refractivity contribution in [3.63, 3.8) is 0 Å². The largest absolute Gasteiger partial charge is 0.313 e. The maximum Gasteiger partial charge on any atom is 0.115 e.